The molecule has 0 fully saturated rings. The molecule has 1 aromatic carbocycles. The largest absolute Gasteiger partial charge is 0.491 e. The number of carbonyl (C=O) groups is 1. The lowest BCUT2D eigenvalue weighted by Gasteiger charge is -2.14. The molecule has 23 heavy (non-hydrogen) atoms. The molecule has 1 N–H and O–H groups in total. The maximum Gasteiger partial charge on any atom is 0.233 e. The van der Waals surface area contributed by atoms with Gasteiger partial charge in [-0.25, -0.2) is 9.97 Å². The van der Waals surface area contributed by atoms with Gasteiger partial charge in [-0.1, -0.05) is 30.0 Å². The Morgan fingerprint density at radius 2 is 1.87 bits per heavy atom. The van der Waals surface area contributed by atoms with Crippen LogP contribution in [0.2, 0.25) is 0 Å². The summed E-state index contributed by atoms with van der Waals surface area (Å²) in [6.07, 6.45) is 3.33. The van der Waals surface area contributed by atoms with Gasteiger partial charge in [0.2, 0.25) is 5.91 Å². The average Bonchev–Trinajstić information content (AvgIpc) is 2.54. The van der Waals surface area contributed by atoms with Crippen LogP contribution in [-0.4, -0.2) is 34.3 Å². The smallest absolute Gasteiger partial charge is 0.233 e. The van der Waals surface area contributed by atoms with Crippen LogP contribution in [0.1, 0.15) is 18.1 Å². The molecule has 0 aliphatic rings. The van der Waals surface area contributed by atoms with Crippen LogP contribution >= 0.6 is 11.8 Å². The van der Waals surface area contributed by atoms with Crippen LogP contribution in [0.15, 0.2) is 41.8 Å². The third-order valence-electron chi connectivity index (χ3n) is 3.25. The van der Waals surface area contributed by atoms with Crippen LogP contribution in [0.4, 0.5) is 0 Å². The van der Waals surface area contributed by atoms with Gasteiger partial charge in [0.1, 0.15) is 12.4 Å². The fraction of sp³-hybridized carbons (Fsp3) is 0.353. The van der Waals surface area contributed by atoms with Gasteiger partial charge >= 0.3 is 0 Å². The molecule has 2 rings (SSSR count). The van der Waals surface area contributed by atoms with Gasteiger partial charge in [-0.15, -0.1) is 0 Å². The summed E-state index contributed by atoms with van der Waals surface area (Å²) in [5, 5.41) is 3.22. The van der Waals surface area contributed by atoms with Crippen molar-refractivity contribution in [2.75, 3.05) is 13.2 Å². The molecule has 0 radical (unpaired) electrons. The summed E-state index contributed by atoms with van der Waals surface area (Å²) < 4.78 is 5.77. The molecule has 0 aliphatic carbocycles. The second kappa shape index (κ2) is 8.53. The van der Waals surface area contributed by atoms with Crippen LogP contribution in [-0.2, 0) is 4.79 Å². The number of para-hydroxylation sites is 1. The van der Waals surface area contributed by atoms with Gasteiger partial charge in [0.05, 0.1) is 11.8 Å². The van der Waals surface area contributed by atoms with E-state index < -0.39 is 0 Å². The van der Waals surface area contributed by atoms with Crippen LogP contribution < -0.4 is 10.1 Å². The number of hydrogen-bond donors (Lipinski definition) is 1. The standard InChI is InChI=1S/C17H21N3O2S/c1-12-6-4-7-13(2)15(12)22-11-10-18-16(21)14(3)23-17-19-8-5-9-20-17/h4-9,14H,10-11H2,1-3H3,(H,18,21)/t14-/m1/s1. The van der Waals surface area contributed by atoms with Crippen molar-refractivity contribution >= 4 is 17.7 Å². The number of thioether (sulfide) groups is 1. The summed E-state index contributed by atoms with van der Waals surface area (Å²) in [6, 6.07) is 7.78. The van der Waals surface area contributed by atoms with Crippen molar-refractivity contribution in [3.05, 3.63) is 47.8 Å². The van der Waals surface area contributed by atoms with Gasteiger partial charge in [-0.05, 0) is 38.0 Å². The maximum absolute atomic E-state index is 12.0. The van der Waals surface area contributed by atoms with Crippen molar-refractivity contribution in [2.24, 2.45) is 0 Å². The number of aromatic nitrogens is 2. The number of hydrogen-bond acceptors (Lipinski definition) is 5. The van der Waals surface area contributed by atoms with E-state index >= 15 is 0 Å². The summed E-state index contributed by atoms with van der Waals surface area (Å²) >= 11 is 1.34. The second-order valence-corrected chi connectivity index (χ2v) is 6.46. The first-order valence-electron chi connectivity index (χ1n) is 7.48. The summed E-state index contributed by atoms with van der Waals surface area (Å²) in [5.41, 5.74) is 2.20. The number of benzene rings is 1. The predicted octanol–water partition coefficient (Wildman–Crippen LogP) is 2.77. The highest BCUT2D eigenvalue weighted by molar-refractivity contribution is 8.00. The Bertz CT molecular complexity index is 629. The molecule has 0 aliphatic heterocycles. The van der Waals surface area contributed by atoms with Crippen molar-refractivity contribution < 1.29 is 9.53 Å². The second-order valence-electron chi connectivity index (χ2n) is 5.15. The molecule has 1 amide bonds. The third-order valence-corrected chi connectivity index (χ3v) is 4.24. The summed E-state index contributed by atoms with van der Waals surface area (Å²) in [4.78, 5) is 20.3. The lowest BCUT2D eigenvalue weighted by molar-refractivity contribution is -0.120. The Labute approximate surface area is 140 Å². The van der Waals surface area contributed by atoms with E-state index in [9.17, 15) is 4.79 Å². The molecular formula is C17H21N3O2S. The van der Waals surface area contributed by atoms with E-state index in [4.69, 9.17) is 4.74 Å². The number of ether oxygens (including phenoxy) is 1. The number of carbonyl (C=O) groups excluding carboxylic acids is 1. The minimum absolute atomic E-state index is 0.0486. The molecular weight excluding hydrogens is 310 g/mol. The Hall–Kier alpha value is -2.08. The van der Waals surface area contributed by atoms with E-state index in [-0.39, 0.29) is 11.2 Å². The number of aryl methyl sites for hydroxylation is 2. The predicted molar refractivity (Wildman–Crippen MR) is 91.8 cm³/mol. The highest BCUT2D eigenvalue weighted by Crippen LogP contribution is 2.22. The maximum atomic E-state index is 12.0. The molecule has 5 nitrogen and oxygen atoms in total. The van der Waals surface area contributed by atoms with E-state index in [1.807, 2.05) is 39.0 Å². The van der Waals surface area contributed by atoms with Gasteiger partial charge in [-0.2, -0.15) is 0 Å². The van der Waals surface area contributed by atoms with E-state index in [1.54, 1.807) is 18.5 Å². The van der Waals surface area contributed by atoms with Crippen molar-refractivity contribution in [1.29, 1.82) is 0 Å². The fourth-order valence-corrected chi connectivity index (χ4v) is 2.81. The van der Waals surface area contributed by atoms with Gasteiger partial charge < -0.3 is 10.1 Å². The van der Waals surface area contributed by atoms with Crippen LogP contribution in [0, 0.1) is 13.8 Å². The molecule has 122 valence electrons. The molecule has 1 aromatic heterocycles. The third kappa shape index (κ3) is 5.25. The highest BCUT2D eigenvalue weighted by atomic mass is 32.2. The summed E-state index contributed by atoms with van der Waals surface area (Å²) in [6.45, 7) is 6.77. The topological polar surface area (TPSA) is 64.1 Å². The zero-order valence-electron chi connectivity index (χ0n) is 13.6. The Balaban J connectivity index is 1.74. The van der Waals surface area contributed by atoms with Gasteiger partial charge in [-0.3, -0.25) is 4.79 Å². The molecule has 1 heterocycles. The number of nitrogens with one attached hydrogen (secondary N) is 1. The normalized spacial score (nSPS) is 11.8. The lowest BCUT2D eigenvalue weighted by atomic mass is 10.1. The molecule has 0 saturated carbocycles. The van der Waals surface area contributed by atoms with Crippen LogP contribution in [0.3, 0.4) is 0 Å². The summed E-state index contributed by atoms with van der Waals surface area (Å²) in [5.74, 6) is 0.842. The summed E-state index contributed by atoms with van der Waals surface area (Å²) in [7, 11) is 0. The monoisotopic (exact) mass is 331 g/mol. The highest BCUT2D eigenvalue weighted by Gasteiger charge is 2.15. The van der Waals surface area contributed by atoms with Crippen molar-refractivity contribution in [1.82, 2.24) is 15.3 Å². The van der Waals surface area contributed by atoms with E-state index in [2.05, 4.69) is 15.3 Å². The molecule has 0 bridgehead atoms. The quantitative estimate of drug-likeness (QED) is 0.480. The van der Waals surface area contributed by atoms with Gasteiger partial charge in [0, 0.05) is 12.4 Å². The first kappa shape index (κ1) is 17.3. The van der Waals surface area contributed by atoms with E-state index in [0.29, 0.717) is 18.3 Å². The van der Waals surface area contributed by atoms with E-state index in [0.717, 1.165) is 16.9 Å². The number of amides is 1. The molecule has 0 saturated heterocycles. The van der Waals surface area contributed by atoms with Crippen LogP contribution in [0.5, 0.6) is 5.75 Å². The minimum Gasteiger partial charge on any atom is -0.491 e. The average molecular weight is 331 g/mol. The number of nitrogens with zero attached hydrogens (tertiary/aromatic N) is 2. The van der Waals surface area contributed by atoms with E-state index in [1.165, 1.54) is 11.8 Å². The van der Waals surface area contributed by atoms with Crippen molar-refractivity contribution in [3.63, 3.8) is 0 Å². The molecule has 6 heteroatoms. The first-order valence-corrected chi connectivity index (χ1v) is 8.36. The SMILES string of the molecule is Cc1cccc(C)c1OCCNC(=O)[C@@H](C)Sc1ncccn1. The number of rotatable bonds is 7. The Morgan fingerprint density at radius 3 is 2.52 bits per heavy atom. The van der Waals surface area contributed by atoms with Gasteiger partial charge in [0.25, 0.3) is 0 Å². The zero-order chi connectivity index (χ0) is 16.7. The van der Waals surface area contributed by atoms with Crippen molar-refractivity contribution in [3.8, 4) is 5.75 Å². The molecule has 2 aromatic rings. The molecule has 0 unspecified atom stereocenters. The molecule has 0 spiro atoms. The Kier molecular flexibility index (Phi) is 6.40. The van der Waals surface area contributed by atoms with Gasteiger partial charge in [0.15, 0.2) is 5.16 Å². The minimum atomic E-state index is -0.252. The first-order chi connectivity index (χ1) is 11.1. The van der Waals surface area contributed by atoms with Crippen molar-refractivity contribution in [2.45, 2.75) is 31.2 Å². The Morgan fingerprint density at radius 1 is 1.22 bits per heavy atom. The lowest BCUT2D eigenvalue weighted by Crippen LogP contribution is -2.34. The fourth-order valence-electron chi connectivity index (χ4n) is 2.06. The zero-order valence-corrected chi connectivity index (χ0v) is 14.4. The molecule has 1 atom stereocenters. The van der Waals surface area contributed by atoms with Crippen LogP contribution in [0.25, 0.3) is 0 Å².